The standard InChI is InChI=1S/C13H29N/c1-7-11(9-10-14)13(6,8-2)12(3,4)5/h11H,7-10,14H2,1-6H3. The first kappa shape index (κ1) is 14.0. The highest BCUT2D eigenvalue weighted by Crippen LogP contribution is 2.49. The predicted octanol–water partition coefficient (Wildman–Crippen LogP) is 3.82. The molecule has 1 nitrogen and oxygen atoms in total. The maximum Gasteiger partial charge on any atom is -0.00744 e. The Morgan fingerprint density at radius 3 is 1.79 bits per heavy atom. The van der Waals surface area contributed by atoms with E-state index in [0.29, 0.717) is 10.8 Å². The summed E-state index contributed by atoms with van der Waals surface area (Å²) in [6, 6.07) is 0. The van der Waals surface area contributed by atoms with E-state index in [1.165, 1.54) is 12.8 Å². The van der Waals surface area contributed by atoms with Crippen LogP contribution in [-0.4, -0.2) is 6.54 Å². The van der Waals surface area contributed by atoms with Crippen molar-refractivity contribution in [1.82, 2.24) is 0 Å². The molecule has 0 aromatic rings. The Hall–Kier alpha value is -0.0400. The van der Waals surface area contributed by atoms with Gasteiger partial charge in [-0.05, 0) is 36.1 Å². The fourth-order valence-electron chi connectivity index (χ4n) is 2.61. The third kappa shape index (κ3) is 2.73. The molecule has 0 radical (unpaired) electrons. The van der Waals surface area contributed by atoms with E-state index in [-0.39, 0.29) is 0 Å². The van der Waals surface area contributed by atoms with Gasteiger partial charge in [0.05, 0.1) is 0 Å². The maximum atomic E-state index is 5.70. The van der Waals surface area contributed by atoms with Crippen LogP contribution in [0.1, 0.15) is 60.8 Å². The predicted molar refractivity (Wildman–Crippen MR) is 65.3 cm³/mol. The molecule has 2 unspecified atom stereocenters. The van der Waals surface area contributed by atoms with Crippen LogP contribution in [0.25, 0.3) is 0 Å². The second-order valence-electron chi connectivity index (χ2n) is 5.70. The molecule has 1 heteroatoms. The lowest BCUT2D eigenvalue weighted by Gasteiger charge is -2.47. The van der Waals surface area contributed by atoms with E-state index in [1.807, 2.05) is 0 Å². The van der Waals surface area contributed by atoms with Crippen molar-refractivity contribution in [2.45, 2.75) is 60.8 Å². The van der Waals surface area contributed by atoms with Crippen LogP contribution in [0, 0.1) is 16.7 Å². The van der Waals surface area contributed by atoms with Gasteiger partial charge in [-0.1, -0.05) is 48.0 Å². The molecule has 0 saturated carbocycles. The summed E-state index contributed by atoms with van der Waals surface area (Å²) in [4.78, 5) is 0. The molecule has 2 atom stereocenters. The minimum atomic E-state index is 0.373. The zero-order valence-electron chi connectivity index (χ0n) is 11.0. The fraction of sp³-hybridized carbons (Fsp3) is 1.00. The van der Waals surface area contributed by atoms with Crippen LogP contribution in [0.4, 0.5) is 0 Å². The molecule has 0 aromatic heterocycles. The second kappa shape index (κ2) is 5.16. The van der Waals surface area contributed by atoms with Crippen molar-refractivity contribution >= 4 is 0 Å². The molecule has 2 N–H and O–H groups in total. The molecule has 0 heterocycles. The van der Waals surface area contributed by atoms with Crippen LogP contribution in [0.5, 0.6) is 0 Å². The highest BCUT2D eigenvalue weighted by atomic mass is 14.5. The Morgan fingerprint density at radius 1 is 1.07 bits per heavy atom. The van der Waals surface area contributed by atoms with Gasteiger partial charge in [-0.3, -0.25) is 0 Å². The average Bonchev–Trinajstić information content (AvgIpc) is 2.11. The second-order valence-corrected chi connectivity index (χ2v) is 5.70. The van der Waals surface area contributed by atoms with E-state index in [0.717, 1.165) is 18.9 Å². The lowest BCUT2D eigenvalue weighted by Crippen LogP contribution is -2.40. The quantitative estimate of drug-likeness (QED) is 0.715. The van der Waals surface area contributed by atoms with Gasteiger partial charge in [-0.2, -0.15) is 0 Å². The zero-order valence-corrected chi connectivity index (χ0v) is 11.0. The Balaban J connectivity index is 4.80. The Bertz CT molecular complexity index is 157. The molecule has 0 rings (SSSR count). The number of hydrogen-bond donors (Lipinski definition) is 1. The van der Waals surface area contributed by atoms with Gasteiger partial charge in [0.25, 0.3) is 0 Å². The largest absolute Gasteiger partial charge is 0.330 e. The van der Waals surface area contributed by atoms with Crippen molar-refractivity contribution in [1.29, 1.82) is 0 Å². The van der Waals surface area contributed by atoms with E-state index in [1.54, 1.807) is 0 Å². The zero-order chi connectivity index (χ0) is 11.4. The molecule has 14 heavy (non-hydrogen) atoms. The minimum absolute atomic E-state index is 0.373. The fourth-order valence-corrected chi connectivity index (χ4v) is 2.61. The van der Waals surface area contributed by atoms with Crippen LogP contribution in [0.2, 0.25) is 0 Å². The molecule has 0 aliphatic heterocycles. The first-order valence-electron chi connectivity index (χ1n) is 6.03. The molecule has 0 fully saturated rings. The summed E-state index contributed by atoms with van der Waals surface area (Å²) in [6.45, 7) is 14.9. The van der Waals surface area contributed by atoms with Gasteiger partial charge in [-0.15, -0.1) is 0 Å². The van der Waals surface area contributed by atoms with Crippen molar-refractivity contribution in [2.24, 2.45) is 22.5 Å². The van der Waals surface area contributed by atoms with Gasteiger partial charge in [-0.25, -0.2) is 0 Å². The van der Waals surface area contributed by atoms with Gasteiger partial charge >= 0.3 is 0 Å². The lowest BCUT2D eigenvalue weighted by molar-refractivity contribution is 0.0236. The summed E-state index contributed by atoms with van der Waals surface area (Å²) in [6.07, 6.45) is 3.66. The minimum Gasteiger partial charge on any atom is -0.330 e. The van der Waals surface area contributed by atoms with Crippen LogP contribution >= 0.6 is 0 Å². The van der Waals surface area contributed by atoms with Crippen molar-refractivity contribution in [3.05, 3.63) is 0 Å². The van der Waals surface area contributed by atoms with Crippen LogP contribution in [0.3, 0.4) is 0 Å². The van der Waals surface area contributed by atoms with Crippen molar-refractivity contribution in [3.8, 4) is 0 Å². The van der Waals surface area contributed by atoms with Gasteiger partial charge in [0.1, 0.15) is 0 Å². The average molecular weight is 199 g/mol. The Labute approximate surface area is 90.5 Å². The molecular formula is C13H29N. The SMILES string of the molecule is CCC(CCN)C(C)(CC)C(C)(C)C. The van der Waals surface area contributed by atoms with Crippen molar-refractivity contribution in [2.75, 3.05) is 6.54 Å². The van der Waals surface area contributed by atoms with E-state index in [2.05, 4.69) is 41.5 Å². The van der Waals surface area contributed by atoms with E-state index >= 15 is 0 Å². The topological polar surface area (TPSA) is 26.0 Å². The molecule has 0 bridgehead atoms. The van der Waals surface area contributed by atoms with Gasteiger partial charge in [0, 0.05) is 0 Å². The number of nitrogens with two attached hydrogens (primary N) is 1. The third-order valence-electron chi connectivity index (χ3n) is 4.36. The van der Waals surface area contributed by atoms with E-state index < -0.39 is 0 Å². The summed E-state index contributed by atoms with van der Waals surface area (Å²) in [7, 11) is 0. The summed E-state index contributed by atoms with van der Waals surface area (Å²) in [5.41, 5.74) is 6.49. The smallest absolute Gasteiger partial charge is 0.00744 e. The van der Waals surface area contributed by atoms with Gasteiger partial charge in [0.15, 0.2) is 0 Å². The van der Waals surface area contributed by atoms with Crippen molar-refractivity contribution < 1.29 is 0 Å². The van der Waals surface area contributed by atoms with Gasteiger partial charge < -0.3 is 5.73 Å². The molecule has 86 valence electrons. The summed E-state index contributed by atoms with van der Waals surface area (Å²) in [5.74, 6) is 0.762. The van der Waals surface area contributed by atoms with Crippen LogP contribution < -0.4 is 5.73 Å². The summed E-state index contributed by atoms with van der Waals surface area (Å²) in [5, 5.41) is 0. The normalized spacial score (nSPS) is 19.1. The molecule has 0 aliphatic rings. The molecule has 0 amide bonds. The van der Waals surface area contributed by atoms with Crippen molar-refractivity contribution in [3.63, 3.8) is 0 Å². The Kier molecular flexibility index (Phi) is 5.14. The molecule has 0 saturated heterocycles. The number of rotatable bonds is 5. The molecule has 0 aromatic carbocycles. The highest BCUT2D eigenvalue weighted by molar-refractivity contribution is 4.90. The van der Waals surface area contributed by atoms with Gasteiger partial charge in [0.2, 0.25) is 0 Å². The number of hydrogen-bond acceptors (Lipinski definition) is 1. The molecule has 0 aliphatic carbocycles. The van der Waals surface area contributed by atoms with E-state index in [9.17, 15) is 0 Å². The first-order valence-corrected chi connectivity index (χ1v) is 6.03. The monoisotopic (exact) mass is 199 g/mol. The maximum absolute atomic E-state index is 5.70. The molecule has 0 spiro atoms. The highest BCUT2D eigenvalue weighted by Gasteiger charge is 2.40. The molecular weight excluding hydrogens is 170 g/mol. The first-order chi connectivity index (χ1) is 6.33. The summed E-state index contributed by atoms with van der Waals surface area (Å²) >= 11 is 0. The van der Waals surface area contributed by atoms with Crippen LogP contribution in [-0.2, 0) is 0 Å². The van der Waals surface area contributed by atoms with Crippen LogP contribution in [0.15, 0.2) is 0 Å². The third-order valence-corrected chi connectivity index (χ3v) is 4.36. The summed E-state index contributed by atoms with van der Waals surface area (Å²) < 4.78 is 0. The lowest BCUT2D eigenvalue weighted by atomic mass is 9.58. The Morgan fingerprint density at radius 2 is 1.57 bits per heavy atom. The van der Waals surface area contributed by atoms with E-state index in [4.69, 9.17) is 5.73 Å².